The molecule has 0 radical (unpaired) electrons. The van der Waals surface area contributed by atoms with E-state index in [9.17, 15) is 4.79 Å². The van der Waals surface area contributed by atoms with E-state index in [-0.39, 0.29) is 11.8 Å². The van der Waals surface area contributed by atoms with E-state index in [2.05, 4.69) is 15.2 Å². The number of nitrogens with one attached hydrogen (secondary N) is 1. The third-order valence-corrected chi connectivity index (χ3v) is 4.76. The Bertz CT molecular complexity index is 693. The predicted octanol–water partition coefficient (Wildman–Crippen LogP) is 3.07. The fraction of sp³-hybridized carbons (Fsp3) is 0.471. The second-order valence-corrected chi connectivity index (χ2v) is 7.19. The van der Waals surface area contributed by atoms with Crippen LogP contribution in [-0.2, 0) is 4.79 Å². The monoisotopic (exact) mass is 379 g/mol. The minimum absolute atomic E-state index is 0.0171. The van der Waals surface area contributed by atoms with Crippen LogP contribution in [0.25, 0.3) is 0 Å². The number of thioether (sulfide) groups is 1. The molecule has 25 heavy (non-hydrogen) atoms. The van der Waals surface area contributed by atoms with Crippen LogP contribution in [0.1, 0.15) is 13.8 Å². The van der Waals surface area contributed by atoms with Crippen molar-refractivity contribution in [2.45, 2.75) is 13.8 Å². The van der Waals surface area contributed by atoms with Crippen LogP contribution in [0, 0.1) is 17.4 Å². The second-order valence-electron chi connectivity index (χ2n) is 5.96. The average molecular weight is 380 g/mol. The van der Waals surface area contributed by atoms with E-state index < -0.39 is 0 Å². The Morgan fingerprint density at radius 2 is 2.04 bits per heavy atom. The smallest absolute Gasteiger partial charge is 0.225 e. The van der Waals surface area contributed by atoms with Gasteiger partial charge in [-0.1, -0.05) is 37.2 Å². The van der Waals surface area contributed by atoms with Crippen LogP contribution in [0.4, 0.5) is 11.4 Å². The minimum atomic E-state index is 0.0171. The van der Waals surface area contributed by atoms with Gasteiger partial charge in [0.1, 0.15) is 0 Å². The third-order valence-electron chi connectivity index (χ3n) is 3.94. The van der Waals surface area contributed by atoms with Crippen LogP contribution in [0.3, 0.4) is 0 Å². The number of amidine groups is 1. The Balaban J connectivity index is 2.21. The van der Waals surface area contributed by atoms with Crippen molar-refractivity contribution in [3.63, 3.8) is 0 Å². The number of nitrogens with zero attached hydrogens (tertiary/aromatic N) is 4. The first kappa shape index (κ1) is 19.4. The molecular formula is C17H22ClN5OS. The van der Waals surface area contributed by atoms with Crippen molar-refractivity contribution in [2.75, 3.05) is 37.3 Å². The van der Waals surface area contributed by atoms with Crippen molar-refractivity contribution >= 4 is 45.8 Å². The Kier molecular flexibility index (Phi) is 6.97. The summed E-state index contributed by atoms with van der Waals surface area (Å²) in [4.78, 5) is 20.8. The van der Waals surface area contributed by atoms with Gasteiger partial charge in [-0.2, -0.15) is 5.26 Å². The summed E-state index contributed by atoms with van der Waals surface area (Å²) in [6, 6.07) is 5.56. The van der Waals surface area contributed by atoms with Crippen LogP contribution in [0.5, 0.6) is 0 Å². The number of amides is 1. The molecule has 0 aliphatic carbocycles. The zero-order chi connectivity index (χ0) is 18.4. The number of halogens is 1. The number of carbonyl (C=O) groups is 1. The molecule has 0 saturated carbocycles. The fourth-order valence-corrected chi connectivity index (χ4v) is 3.17. The summed E-state index contributed by atoms with van der Waals surface area (Å²) in [7, 11) is 0. The molecule has 1 saturated heterocycles. The van der Waals surface area contributed by atoms with Crippen LogP contribution < -0.4 is 10.2 Å². The van der Waals surface area contributed by atoms with Crippen molar-refractivity contribution in [3.8, 4) is 6.19 Å². The second kappa shape index (κ2) is 8.97. The molecule has 0 spiro atoms. The number of piperazine rings is 1. The van der Waals surface area contributed by atoms with Crippen molar-refractivity contribution in [1.82, 2.24) is 10.2 Å². The van der Waals surface area contributed by atoms with Gasteiger partial charge in [0, 0.05) is 37.1 Å². The number of anilines is 1. The molecule has 134 valence electrons. The maximum absolute atomic E-state index is 12.1. The molecule has 1 aromatic rings. The molecule has 1 aliphatic heterocycles. The van der Waals surface area contributed by atoms with Gasteiger partial charge in [-0.15, -0.1) is 0 Å². The highest BCUT2D eigenvalue weighted by molar-refractivity contribution is 8.13. The Hall–Kier alpha value is -1.91. The molecule has 2 rings (SSSR count). The number of aliphatic imine (C=N–C) groups is 1. The maximum atomic E-state index is 12.1. The number of hydrogen-bond donors (Lipinski definition) is 1. The van der Waals surface area contributed by atoms with Gasteiger partial charge in [0.05, 0.1) is 11.4 Å². The number of rotatable bonds is 3. The van der Waals surface area contributed by atoms with Gasteiger partial charge in [-0.3, -0.25) is 10.1 Å². The quantitative estimate of drug-likeness (QED) is 0.378. The molecule has 0 bridgehead atoms. The summed E-state index contributed by atoms with van der Waals surface area (Å²) < 4.78 is 0. The van der Waals surface area contributed by atoms with Gasteiger partial charge in [0.15, 0.2) is 11.4 Å². The summed E-state index contributed by atoms with van der Waals surface area (Å²) in [5.41, 5.74) is 1.66. The maximum Gasteiger partial charge on any atom is 0.225 e. The topological polar surface area (TPSA) is 71.7 Å². The van der Waals surface area contributed by atoms with Gasteiger partial charge in [0.25, 0.3) is 0 Å². The van der Waals surface area contributed by atoms with Gasteiger partial charge in [-0.25, -0.2) is 4.99 Å². The number of benzene rings is 1. The van der Waals surface area contributed by atoms with Gasteiger partial charge < -0.3 is 9.80 Å². The first-order chi connectivity index (χ1) is 12.0. The molecule has 6 nitrogen and oxygen atoms in total. The van der Waals surface area contributed by atoms with Crippen LogP contribution in [0.15, 0.2) is 23.2 Å². The third kappa shape index (κ3) is 5.03. The van der Waals surface area contributed by atoms with Crippen molar-refractivity contribution in [3.05, 3.63) is 23.2 Å². The lowest BCUT2D eigenvalue weighted by atomic mass is 10.1. The van der Waals surface area contributed by atoms with Crippen molar-refractivity contribution in [1.29, 1.82) is 5.26 Å². The Morgan fingerprint density at radius 3 is 2.60 bits per heavy atom. The van der Waals surface area contributed by atoms with Gasteiger partial charge >= 0.3 is 0 Å². The van der Waals surface area contributed by atoms with Gasteiger partial charge in [-0.05, 0) is 24.5 Å². The van der Waals surface area contributed by atoms with Gasteiger partial charge in [0.2, 0.25) is 5.91 Å². The molecule has 0 unspecified atom stereocenters. The standard InChI is InChI=1S/C17H22ClN5OS/c1-12(2)16(24)23-8-6-22(7-9-23)15-5-4-13(18)10-14(15)21-17(25-3)20-11-19/h4-5,10,12H,6-9H2,1-3H3,(H,20,21). The lowest BCUT2D eigenvalue weighted by Gasteiger charge is -2.37. The molecule has 1 N–H and O–H groups in total. The summed E-state index contributed by atoms with van der Waals surface area (Å²) in [6.45, 7) is 6.70. The fourth-order valence-electron chi connectivity index (χ4n) is 2.67. The summed E-state index contributed by atoms with van der Waals surface area (Å²) in [6.07, 6.45) is 3.74. The van der Waals surface area contributed by atoms with E-state index in [1.807, 2.05) is 43.3 Å². The SMILES string of the molecule is CSC(=Nc1cc(Cl)ccc1N1CCN(C(=O)C(C)C)CC1)NC#N. The number of nitriles is 1. The minimum Gasteiger partial charge on any atom is -0.366 e. The van der Waals surface area contributed by atoms with E-state index in [0.29, 0.717) is 29.0 Å². The van der Waals surface area contributed by atoms with Crippen LogP contribution in [-0.4, -0.2) is 48.4 Å². The average Bonchev–Trinajstić information content (AvgIpc) is 2.61. The van der Waals surface area contributed by atoms with E-state index in [1.54, 1.807) is 6.07 Å². The van der Waals surface area contributed by atoms with Crippen molar-refractivity contribution < 1.29 is 4.79 Å². The molecule has 0 aromatic heterocycles. The summed E-state index contributed by atoms with van der Waals surface area (Å²) in [5.74, 6) is 0.209. The normalized spacial score (nSPS) is 15.3. The Labute approximate surface area is 157 Å². The summed E-state index contributed by atoms with van der Waals surface area (Å²) in [5, 5.41) is 12.5. The number of carbonyl (C=O) groups excluding carboxylic acids is 1. The molecule has 1 heterocycles. The highest BCUT2D eigenvalue weighted by Crippen LogP contribution is 2.33. The Morgan fingerprint density at radius 1 is 1.36 bits per heavy atom. The van der Waals surface area contributed by atoms with Crippen LogP contribution >= 0.6 is 23.4 Å². The molecule has 0 atom stereocenters. The van der Waals surface area contributed by atoms with E-state index >= 15 is 0 Å². The molecule has 1 fully saturated rings. The highest BCUT2D eigenvalue weighted by Gasteiger charge is 2.24. The van der Waals surface area contributed by atoms with E-state index in [4.69, 9.17) is 16.9 Å². The zero-order valence-electron chi connectivity index (χ0n) is 14.6. The predicted molar refractivity (Wildman–Crippen MR) is 104 cm³/mol. The first-order valence-electron chi connectivity index (χ1n) is 8.07. The zero-order valence-corrected chi connectivity index (χ0v) is 16.2. The lowest BCUT2D eigenvalue weighted by molar-refractivity contribution is -0.134. The lowest BCUT2D eigenvalue weighted by Crippen LogP contribution is -2.49. The largest absolute Gasteiger partial charge is 0.366 e. The first-order valence-corrected chi connectivity index (χ1v) is 9.67. The number of hydrogen-bond acceptors (Lipinski definition) is 5. The van der Waals surface area contributed by atoms with E-state index in [1.165, 1.54) is 11.8 Å². The highest BCUT2D eigenvalue weighted by atomic mass is 35.5. The van der Waals surface area contributed by atoms with E-state index in [0.717, 1.165) is 18.8 Å². The molecular weight excluding hydrogens is 358 g/mol. The summed E-state index contributed by atoms with van der Waals surface area (Å²) >= 11 is 7.49. The molecule has 1 aliphatic rings. The van der Waals surface area contributed by atoms with Crippen molar-refractivity contribution in [2.24, 2.45) is 10.9 Å². The van der Waals surface area contributed by atoms with Crippen LogP contribution in [0.2, 0.25) is 5.02 Å². The molecule has 1 aromatic carbocycles. The molecule has 1 amide bonds. The molecule has 8 heteroatoms.